The molecule has 37 heavy (non-hydrogen) atoms. The number of amides is 1. The molecule has 2 aromatic heterocycles. The number of hydrogen-bond donors (Lipinski definition) is 2. The molecule has 7 nitrogen and oxygen atoms in total. The maximum absolute atomic E-state index is 12.9. The van der Waals surface area contributed by atoms with Gasteiger partial charge in [-0.2, -0.15) is 5.10 Å². The molecule has 2 heterocycles. The standard InChI is InChI=1S/C28H20Cl2N4O3/c1-16(17-6-8-18(9-7-17)28(36)37)32-33-27(35)24-13-22-21-4-2-3-5-25(21)34(26(22)14-31-24)15-19-12-20(29)10-11-23(19)30/h2-14H,15H2,1H3,(H,33,35)(H,36,37)/b32-16-. The van der Waals surface area contributed by atoms with Crippen molar-refractivity contribution in [2.45, 2.75) is 13.5 Å². The Labute approximate surface area is 222 Å². The van der Waals surface area contributed by atoms with Gasteiger partial charge in [0.05, 0.1) is 23.0 Å². The highest BCUT2D eigenvalue weighted by Crippen LogP contribution is 2.31. The van der Waals surface area contributed by atoms with Gasteiger partial charge in [0.1, 0.15) is 5.69 Å². The maximum Gasteiger partial charge on any atom is 0.335 e. The fourth-order valence-corrected chi connectivity index (χ4v) is 4.56. The fraction of sp³-hybridized carbons (Fsp3) is 0.0714. The van der Waals surface area contributed by atoms with E-state index in [2.05, 4.69) is 20.1 Å². The van der Waals surface area contributed by atoms with Crippen LogP contribution in [0.4, 0.5) is 0 Å². The Morgan fingerprint density at radius 2 is 1.68 bits per heavy atom. The van der Waals surface area contributed by atoms with Gasteiger partial charge in [-0.05, 0) is 60.5 Å². The third kappa shape index (κ3) is 4.91. The van der Waals surface area contributed by atoms with E-state index in [4.69, 9.17) is 28.3 Å². The third-order valence-corrected chi connectivity index (χ3v) is 6.71. The third-order valence-electron chi connectivity index (χ3n) is 6.10. The number of hydrogen-bond acceptors (Lipinski definition) is 4. The summed E-state index contributed by atoms with van der Waals surface area (Å²) < 4.78 is 2.10. The van der Waals surface area contributed by atoms with E-state index in [9.17, 15) is 9.59 Å². The van der Waals surface area contributed by atoms with Gasteiger partial charge in [0, 0.05) is 32.9 Å². The zero-order valence-electron chi connectivity index (χ0n) is 19.6. The van der Waals surface area contributed by atoms with Gasteiger partial charge in [-0.15, -0.1) is 0 Å². The van der Waals surface area contributed by atoms with E-state index in [0.29, 0.717) is 27.9 Å². The van der Waals surface area contributed by atoms with Crippen LogP contribution in [0, 0.1) is 0 Å². The molecule has 0 aliphatic rings. The SMILES string of the molecule is C/C(=N/NC(=O)c1cc2c3ccccc3n(Cc3cc(Cl)ccc3Cl)c2cn1)c1ccc(C(=O)O)cc1. The van der Waals surface area contributed by atoms with Gasteiger partial charge in [-0.3, -0.25) is 4.79 Å². The van der Waals surface area contributed by atoms with Crippen molar-refractivity contribution in [3.8, 4) is 0 Å². The quantitative estimate of drug-likeness (QED) is 0.196. The van der Waals surface area contributed by atoms with Crippen molar-refractivity contribution in [3.05, 3.63) is 111 Å². The number of nitrogens with zero attached hydrogens (tertiary/aromatic N) is 3. The van der Waals surface area contributed by atoms with Crippen LogP contribution in [0.15, 0.2) is 84.1 Å². The van der Waals surface area contributed by atoms with E-state index in [1.807, 2.05) is 30.3 Å². The molecule has 2 N–H and O–H groups in total. The van der Waals surface area contributed by atoms with Gasteiger partial charge < -0.3 is 9.67 Å². The van der Waals surface area contributed by atoms with Crippen LogP contribution in [0.5, 0.6) is 0 Å². The predicted octanol–water partition coefficient (Wildman–Crippen LogP) is 6.40. The van der Waals surface area contributed by atoms with Gasteiger partial charge in [0.2, 0.25) is 0 Å². The van der Waals surface area contributed by atoms with E-state index in [0.717, 1.165) is 27.4 Å². The normalized spacial score (nSPS) is 11.7. The molecule has 0 spiro atoms. The van der Waals surface area contributed by atoms with Crippen LogP contribution >= 0.6 is 23.2 Å². The van der Waals surface area contributed by atoms with Crippen molar-refractivity contribution >= 4 is 62.6 Å². The van der Waals surface area contributed by atoms with Crippen molar-refractivity contribution in [2.24, 2.45) is 5.10 Å². The van der Waals surface area contributed by atoms with Crippen molar-refractivity contribution < 1.29 is 14.7 Å². The van der Waals surface area contributed by atoms with E-state index in [-0.39, 0.29) is 11.3 Å². The molecule has 1 amide bonds. The number of carboxylic acid groups (broad SMARTS) is 1. The molecule has 0 atom stereocenters. The molecule has 0 fully saturated rings. The van der Waals surface area contributed by atoms with Crippen LogP contribution in [0.25, 0.3) is 21.8 Å². The lowest BCUT2D eigenvalue weighted by Gasteiger charge is -2.10. The topological polar surface area (TPSA) is 96.6 Å². The number of carbonyl (C=O) groups is 2. The molecular formula is C28H20Cl2N4O3. The van der Waals surface area contributed by atoms with Crippen molar-refractivity contribution in [2.75, 3.05) is 0 Å². The summed E-state index contributed by atoms with van der Waals surface area (Å²) >= 11 is 12.6. The lowest BCUT2D eigenvalue weighted by atomic mass is 10.1. The molecule has 0 unspecified atom stereocenters. The molecule has 5 rings (SSSR count). The summed E-state index contributed by atoms with van der Waals surface area (Å²) in [7, 11) is 0. The largest absolute Gasteiger partial charge is 0.478 e. The Balaban J connectivity index is 1.46. The zero-order valence-corrected chi connectivity index (χ0v) is 21.1. The van der Waals surface area contributed by atoms with E-state index in [1.54, 1.807) is 43.5 Å². The molecule has 9 heteroatoms. The number of nitrogens with one attached hydrogen (secondary N) is 1. The zero-order chi connectivity index (χ0) is 26.1. The van der Waals surface area contributed by atoms with Crippen LogP contribution in [0.1, 0.15) is 38.9 Å². The molecule has 3 aromatic carbocycles. The summed E-state index contributed by atoms with van der Waals surface area (Å²) in [5.74, 6) is -1.47. The molecule has 0 aliphatic carbocycles. The molecule has 0 saturated carbocycles. The van der Waals surface area contributed by atoms with Crippen LogP contribution in [-0.4, -0.2) is 32.2 Å². The van der Waals surface area contributed by atoms with E-state index >= 15 is 0 Å². The summed E-state index contributed by atoms with van der Waals surface area (Å²) in [5.41, 5.74) is 6.86. The first-order valence-corrected chi connectivity index (χ1v) is 12.1. The summed E-state index contributed by atoms with van der Waals surface area (Å²) in [5, 5.41) is 16.3. The highest BCUT2D eigenvalue weighted by molar-refractivity contribution is 6.33. The van der Waals surface area contributed by atoms with Crippen LogP contribution in [-0.2, 0) is 6.54 Å². The average Bonchev–Trinajstić information content (AvgIpc) is 3.22. The minimum atomic E-state index is -1.01. The fourth-order valence-electron chi connectivity index (χ4n) is 4.19. The van der Waals surface area contributed by atoms with Gasteiger partial charge >= 0.3 is 5.97 Å². The number of carboxylic acids is 1. The first-order valence-electron chi connectivity index (χ1n) is 11.3. The first-order chi connectivity index (χ1) is 17.8. The minimum Gasteiger partial charge on any atom is -0.478 e. The molecular weight excluding hydrogens is 511 g/mol. The Bertz CT molecular complexity index is 1710. The Hall–Kier alpha value is -4.20. The van der Waals surface area contributed by atoms with Crippen LogP contribution in [0.3, 0.4) is 0 Å². The molecule has 0 saturated heterocycles. The van der Waals surface area contributed by atoms with Crippen molar-refractivity contribution in [1.29, 1.82) is 0 Å². The number of hydrazone groups is 1. The molecule has 0 bridgehead atoms. The monoisotopic (exact) mass is 530 g/mol. The lowest BCUT2D eigenvalue weighted by molar-refractivity contribution is 0.0696. The van der Waals surface area contributed by atoms with Gasteiger partial charge in [0.25, 0.3) is 5.91 Å². The average molecular weight is 531 g/mol. The number of aromatic carboxylic acids is 1. The minimum absolute atomic E-state index is 0.176. The number of para-hydroxylation sites is 1. The summed E-state index contributed by atoms with van der Waals surface area (Å²) in [4.78, 5) is 28.3. The van der Waals surface area contributed by atoms with Gasteiger partial charge in [0.15, 0.2) is 0 Å². The number of pyridine rings is 1. The molecule has 5 aromatic rings. The number of halogens is 2. The van der Waals surface area contributed by atoms with Crippen LogP contribution in [0.2, 0.25) is 10.0 Å². The number of rotatable bonds is 6. The molecule has 184 valence electrons. The second-order valence-electron chi connectivity index (χ2n) is 8.45. The Morgan fingerprint density at radius 1 is 0.946 bits per heavy atom. The number of benzene rings is 3. The first kappa shape index (κ1) is 24.5. The van der Waals surface area contributed by atoms with Crippen LogP contribution < -0.4 is 5.43 Å². The highest BCUT2D eigenvalue weighted by atomic mass is 35.5. The molecule has 0 radical (unpaired) electrons. The van der Waals surface area contributed by atoms with E-state index in [1.165, 1.54) is 12.1 Å². The predicted molar refractivity (Wildman–Crippen MR) is 146 cm³/mol. The Morgan fingerprint density at radius 3 is 2.43 bits per heavy atom. The summed E-state index contributed by atoms with van der Waals surface area (Å²) in [6, 6.07) is 21.3. The second kappa shape index (κ2) is 10.0. The summed E-state index contributed by atoms with van der Waals surface area (Å²) in [6.45, 7) is 2.21. The highest BCUT2D eigenvalue weighted by Gasteiger charge is 2.16. The van der Waals surface area contributed by atoms with E-state index < -0.39 is 11.9 Å². The lowest BCUT2D eigenvalue weighted by Crippen LogP contribution is -2.20. The maximum atomic E-state index is 12.9. The van der Waals surface area contributed by atoms with Gasteiger partial charge in [-0.25, -0.2) is 15.2 Å². The Kier molecular flexibility index (Phi) is 6.65. The number of aromatic nitrogens is 2. The van der Waals surface area contributed by atoms with Gasteiger partial charge in [-0.1, -0.05) is 53.5 Å². The number of carbonyl (C=O) groups excluding carboxylic acids is 1. The van der Waals surface area contributed by atoms with Crippen molar-refractivity contribution in [1.82, 2.24) is 15.0 Å². The smallest absolute Gasteiger partial charge is 0.335 e. The molecule has 0 aliphatic heterocycles. The number of fused-ring (bicyclic) bond motifs is 3. The van der Waals surface area contributed by atoms with Crippen molar-refractivity contribution in [3.63, 3.8) is 0 Å². The summed E-state index contributed by atoms with van der Waals surface area (Å²) in [6.07, 6.45) is 1.67. The second-order valence-corrected chi connectivity index (χ2v) is 9.29.